The summed E-state index contributed by atoms with van der Waals surface area (Å²) >= 11 is 0. The van der Waals surface area contributed by atoms with Crippen LogP contribution in [0.1, 0.15) is 17.5 Å². The highest BCUT2D eigenvalue weighted by Crippen LogP contribution is 2.27. The van der Waals surface area contributed by atoms with E-state index in [1.165, 1.54) is 0 Å². The van der Waals surface area contributed by atoms with Crippen LogP contribution in [0.25, 0.3) is 0 Å². The Morgan fingerprint density at radius 2 is 1.73 bits per heavy atom. The second-order valence-corrected chi connectivity index (χ2v) is 6.83. The highest BCUT2D eigenvalue weighted by Gasteiger charge is 2.34. The maximum atomic E-state index is 12.5. The minimum Gasteiger partial charge on any atom is -0.370 e. The van der Waals surface area contributed by atoms with E-state index in [1.54, 1.807) is 9.80 Å². The molecule has 1 fully saturated rings. The van der Waals surface area contributed by atoms with E-state index in [4.69, 9.17) is 4.74 Å². The van der Waals surface area contributed by atoms with Crippen LogP contribution < -0.4 is 4.90 Å². The van der Waals surface area contributed by atoms with Gasteiger partial charge in [-0.2, -0.15) is 0 Å². The molecule has 4 rings (SSSR count). The maximum absolute atomic E-state index is 12.5. The molecule has 2 heterocycles. The van der Waals surface area contributed by atoms with Crippen LogP contribution in [0.15, 0.2) is 54.6 Å². The standard InChI is InChI=1S/C21H22N2O3/c24-20-11-10-17-8-4-5-9-19(17)23(20)14-21(25)22-12-18(13-22)26-15-16-6-2-1-3-7-16/h1-9,18H,10-15H2. The molecule has 2 aliphatic rings. The fourth-order valence-electron chi connectivity index (χ4n) is 3.44. The first-order valence-corrected chi connectivity index (χ1v) is 9.02. The van der Waals surface area contributed by atoms with Gasteiger partial charge < -0.3 is 14.5 Å². The average molecular weight is 350 g/mol. The molecule has 0 bridgehead atoms. The Labute approximate surface area is 153 Å². The van der Waals surface area contributed by atoms with Gasteiger partial charge >= 0.3 is 0 Å². The molecule has 1 saturated heterocycles. The third-order valence-corrected chi connectivity index (χ3v) is 5.01. The van der Waals surface area contributed by atoms with E-state index in [0.717, 1.165) is 23.2 Å². The Bertz CT molecular complexity index is 800. The molecule has 0 spiro atoms. The van der Waals surface area contributed by atoms with E-state index in [1.807, 2.05) is 54.6 Å². The smallest absolute Gasteiger partial charge is 0.242 e. The van der Waals surface area contributed by atoms with Crippen molar-refractivity contribution in [2.75, 3.05) is 24.5 Å². The van der Waals surface area contributed by atoms with Gasteiger partial charge in [0.15, 0.2) is 0 Å². The molecule has 0 atom stereocenters. The quantitative estimate of drug-likeness (QED) is 0.832. The molecule has 0 aliphatic carbocycles. The molecule has 2 aromatic rings. The van der Waals surface area contributed by atoms with Crippen LogP contribution in [0.2, 0.25) is 0 Å². The number of carbonyl (C=O) groups is 2. The van der Waals surface area contributed by atoms with Crippen molar-refractivity contribution in [2.24, 2.45) is 0 Å². The van der Waals surface area contributed by atoms with Gasteiger partial charge in [-0.1, -0.05) is 48.5 Å². The first kappa shape index (κ1) is 16.8. The SMILES string of the molecule is O=C(CN1C(=O)CCc2ccccc21)N1CC(OCc2ccccc2)C1. The van der Waals surface area contributed by atoms with Gasteiger partial charge in [0.05, 0.1) is 12.7 Å². The van der Waals surface area contributed by atoms with Crippen molar-refractivity contribution in [2.45, 2.75) is 25.6 Å². The molecular formula is C21H22N2O3. The summed E-state index contributed by atoms with van der Waals surface area (Å²) in [5, 5.41) is 0. The van der Waals surface area contributed by atoms with Crippen molar-refractivity contribution in [1.29, 1.82) is 0 Å². The van der Waals surface area contributed by atoms with Crippen LogP contribution in [0.4, 0.5) is 5.69 Å². The predicted molar refractivity (Wildman–Crippen MR) is 98.7 cm³/mol. The lowest BCUT2D eigenvalue weighted by atomic mass is 10.0. The predicted octanol–water partition coefficient (Wildman–Crippen LogP) is 2.39. The van der Waals surface area contributed by atoms with E-state index in [9.17, 15) is 9.59 Å². The maximum Gasteiger partial charge on any atom is 0.242 e. The number of carbonyl (C=O) groups excluding carboxylic acids is 2. The topological polar surface area (TPSA) is 49.9 Å². The van der Waals surface area contributed by atoms with Gasteiger partial charge in [0.2, 0.25) is 11.8 Å². The van der Waals surface area contributed by atoms with Crippen LogP contribution >= 0.6 is 0 Å². The van der Waals surface area contributed by atoms with E-state index in [-0.39, 0.29) is 24.5 Å². The first-order chi connectivity index (χ1) is 12.7. The van der Waals surface area contributed by atoms with Crippen LogP contribution in [0, 0.1) is 0 Å². The molecular weight excluding hydrogens is 328 g/mol. The third-order valence-electron chi connectivity index (χ3n) is 5.01. The van der Waals surface area contributed by atoms with Crippen LogP contribution in [-0.2, 0) is 27.4 Å². The lowest BCUT2D eigenvalue weighted by Gasteiger charge is -2.40. The number of rotatable bonds is 5. The molecule has 0 N–H and O–H groups in total. The summed E-state index contributed by atoms with van der Waals surface area (Å²) in [5.41, 5.74) is 3.13. The minimum absolute atomic E-state index is 0.0189. The number of anilines is 1. The molecule has 2 aromatic carbocycles. The van der Waals surface area contributed by atoms with E-state index in [2.05, 4.69) is 0 Å². The van der Waals surface area contributed by atoms with Crippen LogP contribution in [-0.4, -0.2) is 42.5 Å². The lowest BCUT2D eigenvalue weighted by molar-refractivity contribution is -0.145. The van der Waals surface area contributed by atoms with Gasteiger partial charge in [-0.15, -0.1) is 0 Å². The number of benzene rings is 2. The van der Waals surface area contributed by atoms with Crippen molar-refractivity contribution in [3.63, 3.8) is 0 Å². The Kier molecular flexibility index (Phi) is 4.71. The molecule has 5 heteroatoms. The fourth-order valence-corrected chi connectivity index (χ4v) is 3.44. The zero-order chi connectivity index (χ0) is 17.9. The van der Waals surface area contributed by atoms with Crippen molar-refractivity contribution in [3.05, 3.63) is 65.7 Å². The molecule has 2 amide bonds. The summed E-state index contributed by atoms with van der Waals surface area (Å²) in [6, 6.07) is 17.8. The monoisotopic (exact) mass is 350 g/mol. The summed E-state index contributed by atoms with van der Waals surface area (Å²) in [5.74, 6) is 0.00376. The number of hydrogen-bond acceptors (Lipinski definition) is 3. The second-order valence-electron chi connectivity index (χ2n) is 6.83. The molecule has 134 valence electrons. The molecule has 0 radical (unpaired) electrons. The van der Waals surface area contributed by atoms with Crippen molar-refractivity contribution >= 4 is 17.5 Å². The van der Waals surface area contributed by atoms with Gasteiger partial charge in [-0.3, -0.25) is 9.59 Å². The average Bonchev–Trinajstić information content (AvgIpc) is 2.63. The number of para-hydroxylation sites is 1. The summed E-state index contributed by atoms with van der Waals surface area (Å²) in [6.07, 6.45) is 1.29. The molecule has 0 aromatic heterocycles. The Balaban J connectivity index is 1.29. The molecule has 5 nitrogen and oxygen atoms in total. The van der Waals surface area contributed by atoms with E-state index < -0.39 is 0 Å². The van der Waals surface area contributed by atoms with Crippen molar-refractivity contribution in [3.8, 4) is 0 Å². The number of nitrogens with zero attached hydrogens (tertiary/aromatic N) is 2. The highest BCUT2D eigenvalue weighted by atomic mass is 16.5. The number of amides is 2. The van der Waals surface area contributed by atoms with Crippen LogP contribution in [0.3, 0.4) is 0 Å². The molecule has 0 unspecified atom stereocenters. The molecule has 0 saturated carbocycles. The third kappa shape index (κ3) is 3.48. The zero-order valence-corrected chi connectivity index (χ0v) is 14.6. The lowest BCUT2D eigenvalue weighted by Crippen LogP contribution is -2.57. The fraction of sp³-hybridized carbons (Fsp3) is 0.333. The van der Waals surface area contributed by atoms with Gasteiger partial charge in [0.1, 0.15) is 6.54 Å². The number of ether oxygens (including phenoxy) is 1. The van der Waals surface area contributed by atoms with Crippen molar-refractivity contribution < 1.29 is 14.3 Å². The second kappa shape index (κ2) is 7.30. The highest BCUT2D eigenvalue weighted by molar-refractivity contribution is 6.01. The molecule has 26 heavy (non-hydrogen) atoms. The van der Waals surface area contributed by atoms with E-state index >= 15 is 0 Å². The van der Waals surface area contributed by atoms with Crippen LogP contribution in [0.5, 0.6) is 0 Å². The summed E-state index contributed by atoms with van der Waals surface area (Å²) in [7, 11) is 0. The number of aryl methyl sites for hydroxylation is 1. The minimum atomic E-state index is -0.0189. The number of hydrogen-bond donors (Lipinski definition) is 0. The molecule has 2 aliphatic heterocycles. The van der Waals surface area contributed by atoms with Gasteiger partial charge in [-0.25, -0.2) is 0 Å². The Morgan fingerprint density at radius 3 is 2.54 bits per heavy atom. The number of likely N-dealkylation sites (tertiary alicyclic amines) is 1. The van der Waals surface area contributed by atoms with E-state index in [0.29, 0.717) is 26.1 Å². The Hall–Kier alpha value is -2.66. The summed E-state index contributed by atoms with van der Waals surface area (Å²) in [4.78, 5) is 28.2. The van der Waals surface area contributed by atoms with Gasteiger partial charge in [0, 0.05) is 25.2 Å². The summed E-state index contributed by atoms with van der Waals surface area (Å²) in [6.45, 7) is 1.86. The van der Waals surface area contributed by atoms with Gasteiger partial charge in [0.25, 0.3) is 0 Å². The zero-order valence-electron chi connectivity index (χ0n) is 14.6. The Morgan fingerprint density at radius 1 is 1.00 bits per heavy atom. The number of fused-ring (bicyclic) bond motifs is 1. The summed E-state index contributed by atoms with van der Waals surface area (Å²) < 4.78 is 5.84. The normalized spacial score (nSPS) is 17.0. The first-order valence-electron chi connectivity index (χ1n) is 9.02. The van der Waals surface area contributed by atoms with Gasteiger partial charge in [-0.05, 0) is 23.6 Å². The van der Waals surface area contributed by atoms with Crippen molar-refractivity contribution in [1.82, 2.24) is 4.90 Å². The largest absolute Gasteiger partial charge is 0.370 e.